The highest BCUT2D eigenvalue weighted by Crippen LogP contribution is 2.32. The fourth-order valence-electron chi connectivity index (χ4n) is 4.25. The second kappa shape index (κ2) is 11.9. The third-order valence-electron chi connectivity index (χ3n) is 6.16. The van der Waals surface area contributed by atoms with Crippen LogP contribution in [0.4, 0.5) is 4.79 Å². The Labute approximate surface area is 207 Å². The lowest BCUT2D eigenvalue weighted by atomic mass is 9.82. The fourth-order valence-corrected chi connectivity index (χ4v) is 4.25. The van der Waals surface area contributed by atoms with E-state index in [2.05, 4.69) is 15.6 Å². The van der Waals surface area contributed by atoms with Gasteiger partial charge in [0.05, 0.1) is 19.9 Å². The number of rotatable bonds is 8. The molecule has 2 amide bonds. The molecule has 1 aliphatic carbocycles. The van der Waals surface area contributed by atoms with Crippen LogP contribution in [0.5, 0.6) is 11.5 Å². The summed E-state index contributed by atoms with van der Waals surface area (Å²) >= 11 is 0. The van der Waals surface area contributed by atoms with Crippen LogP contribution in [0, 0.1) is 11.8 Å². The van der Waals surface area contributed by atoms with Crippen molar-refractivity contribution in [2.24, 2.45) is 11.8 Å². The van der Waals surface area contributed by atoms with Gasteiger partial charge in [0, 0.05) is 36.5 Å². The Morgan fingerprint density at radius 3 is 2.20 bits per heavy atom. The summed E-state index contributed by atoms with van der Waals surface area (Å²) in [4.78, 5) is 29.1. The Bertz CT molecular complexity index is 1010. The number of nitrogens with zero attached hydrogens (tertiary/aromatic N) is 1. The van der Waals surface area contributed by atoms with Crippen LogP contribution < -0.4 is 20.1 Å². The molecule has 0 spiro atoms. The van der Waals surface area contributed by atoms with Crippen molar-refractivity contribution in [3.63, 3.8) is 0 Å². The molecule has 35 heavy (non-hydrogen) atoms. The molecule has 0 unspecified atom stereocenters. The molecule has 0 atom stereocenters. The van der Waals surface area contributed by atoms with E-state index in [0.717, 1.165) is 31.2 Å². The molecule has 8 nitrogen and oxygen atoms in total. The number of carbonyl (C=O) groups excluding carboxylic acids is 2. The minimum atomic E-state index is -0.490. The van der Waals surface area contributed by atoms with Gasteiger partial charge < -0.3 is 24.8 Å². The lowest BCUT2D eigenvalue weighted by molar-refractivity contribution is 0.0512. The molecule has 2 aromatic rings. The number of nitrogens with one attached hydrogen (secondary N) is 2. The second-order valence-electron chi connectivity index (χ2n) is 9.98. The van der Waals surface area contributed by atoms with Gasteiger partial charge in [-0.3, -0.25) is 9.78 Å². The average molecular weight is 484 g/mol. The van der Waals surface area contributed by atoms with E-state index in [4.69, 9.17) is 14.2 Å². The second-order valence-corrected chi connectivity index (χ2v) is 9.98. The zero-order chi connectivity index (χ0) is 25.4. The molecule has 190 valence electrons. The van der Waals surface area contributed by atoms with E-state index in [9.17, 15) is 9.59 Å². The number of hydrogen-bond donors (Lipinski definition) is 2. The number of aromatic nitrogens is 1. The van der Waals surface area contributed by atoms with Gasteiger partial charge in [0.25, 0.3) is 5.91 Å². The van der Waals surface area contributed by atoms with Crippen molar-refractivity contribution in [1.82, 2.24) is 15.6 Å². The van der Waals surface area contributed by atoms with Crippen LogP contribution in [-0.2, 0) is 4.74 Å². The summed E-state index contributed by atoms with van der Waals surface area (Å²) in [6, 6.07) is 9.00. The van der Waals surface area contributed by atoms with Gasteiger partial charge in [-0.1, -0.05) is 0 Å². The number of methoxy groups -OCH3 is 2. The zero-order valence-corrected chi connectivity index (χ0v) is 21.3. The SMILES string of the molecule is COc1ccc(-c2cc(C(=O)NC[C@H]3CC[C@H](CNC(=O)OC(C)(C)C)CC3)ccn2)c(OC)c1. The maximum Gasteiger partial charge on any atom is 0.407 e. The van der Waals surface area contributed by atoms with E-state index in [1.807, 2.05) is 32.9 Å². The highest BCUT2D eigenvalue weighted by molar-refractivity contribution is 5.95. The number of carbonyl (C=O) groups is 2. The first kappa shape index (κ1) is 26.3. The van der Waals surface area contributed by atoms with Gasteiger partial charge in [-0.05, 0) is 82.6 Å². The van der Waals surface area contributed by atoms with Crippen LogP contribution in [0.1, 0.15) is 56.8 Å². The molecule has 8 heteroatoms. The van der Waals surface area contributed by atoms with Gasteiger partial charge >= 0.3 is 6.09 Å². The third-order valence-corrected chi connectivity index (χ3v) is 6.16. The van der Waals surface area contributed by atoms with Gasteiger partial charge in [0.1, 0.15) is 17.1 Å². The number of amides is 2. The molecule has 0 bridgehead atoms. The molecule has 0 saturated heterocycles. The fraction of sp³-hybridized carbons (Fsp3) is 0.519. The lowest BCUT2D eigenvalue weighted by Gasteiger charge is -2.29. The number of alkyl carbamates (subject to hydrolysis) is 1. The quantitative estimate of drug-likeness (QED) is 0.558. The van der Waals surface area contributed by atoms with Gasteiger partial charge in [-0.2, -0.15) is 0 Å². The number of ether oxygens (including phenoxy) is 3. The number of pyridine rings is 1. The van der Waals surface area contributed by atoms with Gasteiger partial charge in [0.15, 0.2) is 0 Å². The third kappa shape index (κ3) is 7.87. The smallest absolute Gasteiger partial charge is 0.407 e. The first-order valence-electron chi connectivity index (χ1n) is 12.1. The number of hydrogen-bond acceptors (Lipinski definition) is 6. The molecule has 2 N–H and O–H groups in total. The van der Waals surface area contributed by atoms with Crippen molar-refractivity contribution in [2.75, 3.05) is 27.3 Å². The summed E-state index contributed by atoms with van der Waals surface area (Å²) < 4.78 is 16.0. The summed E-state index contributed by atoms with van der Waals surface area (Å²) in [5.41, 5.74) is 1.52. The lowest BCUT2D eigenvalue weighted by Crippen LogP contribution is -2.37. The van der Waals surface area contributed by atoms with Crippen LogP contribution in [0.2, 0.25) is 0 Å². The summed E-state index contributed by atoms with van der Waals surface area (Å²) in [6.07, 6.45) is 5.35. The normalized spacial score (nSPS) is 17.9. The maximum atomic E-state index is 12.8. The molecule has 0 aliphatic heterocycles. The molecule has 1 heterocycles. The van der Waals surface area contributed by atoms with E-state index in [1.165, 1.54) is 0 Å². The maximum absolute atomic E-state index is 12.8. The van der Waals surface area contributed by atoms with Gasteiger partial charge in [-0.25, -0.2) is 4.79 Å². The van der Waals surface area contributed by atoms with Crippen LogP contribution >= 0.6 is 0 Å². The van der Waals surface area contributed by atoms with E-state index in [1.54, 1.807) is 38.6 Å². The van der Waals surface area contributed by atoms with Crippen molar-refractivity contribution in [3.05, 3.63) is 42.1 Å². The Balaban J connectivity index is 1.48. The van der Waals surface area contributed by atoms with E-state index < -0.39 is 5.60 Å². The van der Waals surface area contributed by atoms with E-state index in [-0.39, 0.29) is 12.0 Å². The molecular formula is C27H37N3O5. The predicted octanol–water partition coefficient (Wildman–Crippen LogP) is 4.83. The summed E-state index contributed by atoms with van der Waals surface area (Å²) in [7, 11) is 3.20. The predicted molar refractivity (Wildman–Crippen MR) is 135 cm³/mol. The van der Waals surface area contributed by atoms with Crippen molar-refractivity contribution in [3.8, 4) is 22.8 Å². The van der Waals surface area contributed by atoms with Crippen molar-refractivity contribution in [1.29, 1.82) is 0 Å². The van der Waals surface area contributed by atoms with Crippen LogP contribution in [0.25, 0.3) is 11.3 Å². The monoisotopic (exact) mass is 483 g/mol. The summed E-state index contributed by atoms with van der Waals surface area (Å²) in [5, 5.41) is 5.95. The Morgan fingerprint density at radius 1 is 0.943 bits per heavy atom. The van der Waals surface area contributed by atoms with E-state index >= 15 is 0 Å². The summed E-state index contributed by atoms with van der Waals surface area (Å²) in [6.45, 7) is 6.83. The zero-order valence-electron chi connectivity index (χ0n) is 21.3. The Kier molecular flexibility index (Phi) is 8.95. The van der Waals surface area contributed by atoms with Crippen LogP contribution in [0.15, 0.2) is 36.5 Å². The first-order valence-corrected chi connectivity index (χ1v) is 12.1. The van der Waals surface area contributed by atoms with Gasteiger partial charge in [0.2, 0.25) is 0 Å². The minimum Gasteiger partial charge on any atom is -0.497 e. The topological polar surface area (TPSA) is 98.8 Å². The van der Waals surface area contributed by atoms with E-state index in [0.29, 0.717) is 47.7 Å². The van der Waals surface area contributed by atoms with Crippen molar-refractivity contribution >= 4 is 12.0 Å². The molecule has 3 rings (SSSR count). The molecule has 1 saturated carbocycles. The van der Waals surface area contributed by atoms with Gasteiger partial charge in [-0.15, -0.1) is 0 Å². The number of benzene rings is 1. The Morgan fingerprint density at radius 2 is 1.60 bits per heavy atom. The molecule has 0 radical (unpaired) electrons. The average Bonchev–Trinajstić information content (AvgIpc) is 2.85. The largest absolute Gasteiger partial charge is 0.497 e. The molecule has 1 aromatic heterocycles. The van der Waals surface area contributed by atoms with Crippen LogP contribution in [0.3, 0.4) is 0 Å². The molecular weight excluding hydrogens is 446 g/mol. The molecule has 1 aliphatic rings. The Hall–Kier alpha value is -3.29. The molecule has 1 fully saturated rings. The van der Waals surface area contributed by atoms with Crippen molar-refractivity contribution < 1.29 is 23.8 Å². The first-order chi connectivity index (χ1) is 16.7. The molecule has 1 aromatic carbocycles. The van der Waals surface area contributed by atoms with Crippen LogP contribution in [-0.4, -0.2) is 49.9 Å². The summed E-state index contributed by atoms with van der Waals surface area (Å²) in [5.74, 6) is 2.08. The minimum absolute atomic E-state index is 0.116. The highest BCUT2D eigenvalue weighted by atomic mass is 16.6. The standard InChI is InChI=1S/C27H37N3O5/c1-27(2,3)35-26(32)30-17-19-8-6-18(7-9-19)16-29-25(31)20-12-13-28-23(14-20)22-11-10-21(33-4)15-24(22)34-5/h10-15,18-19H,6-9,16-17H2,1-5H3,(H,29,31)(H,30,32)/t18-,19-. The van der Waals surface area contributed by atoms with Crippen molar-refractivity contribution in [2.45, 2.75) is 52.1 Å². The highest BCUT2D eigenvalue weighted by Gasteiger charge is 2.23.